The van der Waals surface area contributed by atoms with Gasteiger partial charge in [0.2, 0.25) is 0 Å². The fourth-order valence-electron chi connectivity index (χ4n) is 2.95. The van der Waals surface area contributed by atoms with Crippen LogP contribution in [0.5, 0.6) is 0 Å². The number of furan rings is 1. The Morgan fingerprint density at radius 1 is 1.15 bits per heavy atom. The van der Waals surface area contributed by atoms with Gasteiger partial charge < -0.3 is 4.42 Å². The highest BCUT2D eigenvalue weighted by atomic mass is 35.5. The molecule has 0 unspecified atom stereocenters. The number of aromatic nitrogens is 1. The summed E-state index contributed by atoms with van der Waals surface area (Å²) >= 11 is 13.3. The quantitative estimate of drug-likeness (QED) is 0.230. The molecule has 2 aromatic heterocycles. The molecule has 0 aliphatic heterocycles. The fourth-order valence-corrected chi connectivity index (χ4v) is 4.12. The fraction of sp³-hybridized carbons (Fsp3) is 0.0417. The van der Waals surface area contributed by atoms with E-state index in [2.05, 4.69) is 10.3 Å². The predicted molar refractivity (Wildman–Crippen MR) is 128 cm³/mol. The molecular formula is C24H14Cl2FN3O2S. The summed E-state index contributed by atoms with van der Waals surface area (Å²) in [4.78, 5) is 17.7. The molecule has 1 amide bonds. The van der Waals surface area contributed by atoms with Crippen LogP contribution in [0.4, 0.5) is 9.52 Å². The van der Waals surface area contributed by atoms with E-state index < -0.39 is 5.91 Å². The van der Waals surface area contributed by atoms with E-state index in [1.54, 1.807) is 42.6 Å². The lowest BCUT2D eigenvalue weighted by Crippen LogP contribution is -2.13. The summed E-state index contributed by atoms with van der Waals surface area (Å²) in [6.45, 7) is 0. The number of anilines is 1. The number of nitrogens with zero attached hydrogens (tertiary/aromatic N) is 2. The Morgan fingerprint density at radius 2 is 1.94 bits per heavy atom. The molecule has 0 fully saturated rings. The zero-order chi connectivity index (χ0) is 23.4. The first kappa shape index (κ1) is 22.7. The Balaban J connectivity index is 1.44. The third-order valence-corrected chi connectivity index (χ3v) is 6.20. The number of rotatable bonds is 6. The second-order valence-corrected chi connectivity index (χ2v) is 8.82. The van der Waals surface area contributed by atoms with Gasteiger partial charge >= 0.3 is 0 Å². The summed E-state index contributed by atoms with van der Waals surface area (Å²) in [7, 11) is 0. The minimum Gasteiger partial charge on any atom is -0.457 e. The molecule has 0 aliphatic carbocycles. The van der Waals surface area contributed by atoms with Gasteiger partial charge in [-0.1, -0.05) is 29.3 Å². The second kappa shape index (κ2) is 10.0. The number of hydrogen-bond donors (Lipinski definition) is 1. The van der Waals surface area contributed by atoms with Crippen LogP contribution in [-0.4, -0.2) is 10.9 Å². The first-order chi connectivity index (χ1) is 15.9. The number of amides is 1. The van der Waals surface area contributed by atoms with Crippen LogP contribution in [0.3, 0.4) is 0 Å². The topological polar surface area (TPSA) is 78.9 Å². The van der Waals surface area contributed by atoms with Crippen LogP contribution in [0, 0.1) is 17.1 Å². The van der Waals surface area contributed by atoms with Gasteiger partial charge in [0.25, 0.3) is 5.91 Å². The molecule has 1 N–H and O–H groups in total. The van der Waals surface area contributed by atoms with Gasteiger partial charge in [0, 0.05) is 29.1 Å². The van der Waals surface area contributed by atoms with E-state index in [-0.39, 0.29) is 11.4 Å². The van der Waals surface area contributed by atoms with Gasteiger partial charge in [-0.25, -0.2) is 9.37 Å². The van der Waals surface area contributed by atoms with Crippen molar-refractivity contribution in [2.45, 2.75) is 6.42 Å². The van der Waals surface area contributed by atoms with Gasteiger partial charge in [-0.3, -0.25) is 10.1 Å². The van der Waals surface area contributed by atoms with E-state index in [0.29, 0.717) is 38.7 Å². The zero-order valence-corrected chi connectivity index (χ0v) is 19.1. The van der Waals surface area contributed by atoms with Crippen LogP contribution < -0.4 is 5.32 Å². The average molecular weight is 498 g/mol. The normalized spacial score (nSPS) is 11.3. The Labute approximate surface area is 202 Å². The van der Waals surface area contributed by atoms with E-state index in [4.69, 9.17) is 27.6 Å². The van der Waals surface area contributed by atoms with E-state index in [9.17, 15) is 14.4 Å². The van der Waals surface area contributed by atoms with Crippen molar-refractivity contribution in [1.29, 1.82) is 5.26 Å². The molecular weight excluding hydrogens is 484 g/mol. The summed E-state index contributed by atoms with van der Waals surface area (Å²) in [5.41, 5.74) is 1.49. The van der Waals surface area contributed by atoms with Crippen LogP contribution in [0.25, 0.3) is 17.4 Å². The molecule has 0 bridgehead atoms. The van der Waals surface area contributed by atoms with Crippen LogP contribution in [-0.2, 0) is 11.2 Å². The molecule has 0 aliphatic rings. The van der Waals surface area contributed by atoms with Gasteiger partial charge in [-0.15, -0.1) is 11.3 Å². The van der Waals surface area contributed by atoms with Crippen LogP contribution >= 0.6 is 34.5 Å². The maximum absolute atomic E-state index is 13.1. The third-order valence-electron chi connectivity index (χ3n) is 4.54. The van der Waals surface area contributed by atoms with Crippen molar-refractivity contribution in [3.63, 3.8) is 0 Å². The summed E-state index contributed by atoms with van der Waals surface area (Å²) in [5.74, 6) is -0.143. The Bertz CT molecular complexity index is 1390. The molecule has 2 aromatic carbocycles. The number of carbonyl (C=O) groups excluding carboxylic acids is 1. The first-order valence-electron chi connectivity index (χ1n) is 9.59. The highest BCUT2D eigenvalue weighted by Gasteiger charge is 2.14. The molecule has 4 rings (SSSR count). The molecule has 0 saturated carbocycles. The van der Waals surface area contributed by atoms with Crippen LogP contribution in [0.1, 0.15) is 16.2 Å². The minimum atomic E-state index is -0.604. The average Bonchev–Trinajstić information content (AvgIpc) is 3.44. The summed E-state index contributed by atoms with van der Waals surface area (Å²) in [5, 5.41) is 13.4. The highest BCUT2D eigenvalue weighted by molar-refractivity contribution is 7.15. The van der Waals surface area contributed by atoms with Gasteiger partial charge in [0.15, 0.2) is 5.13 Å². The van der Waals surface area contributed by atoms with Crippen molar-refractivity contribution in [3.8, 4) is 17.4 Å². The van der Waals surface area contributed by atoms with Crippen molar-refractivity contribution in [3.05, 3.63) is 98.4 Å². The van der Waals surface area contributed by atoms with Crippen molar-refractivity contribution in [2.24, 2.45) is 0 Å². The number of nitrogens with one attached hydrogen (secondary N) is 1. The van der Waals surface area contributed by atoms with Gasteiger partial charge in [-0.2, -0.15) is 5.26 Å². The van der Waals surface area contributed by atoms with Gasteiger partial charge in [0.1, 0.15) is 29.0 Å². The SMILES string of the molecule is N#C/C(=C\c1ccc(-c2ccc(F)cc2)o1)C(=O)Nc1ncc(Cc2ccc(Cl)c(Cl)c2)s1. The lowest BCUT2D eigenvalue weighted by molar-refractivity contribution is -0.112. The number of benzene rings is 2. The van der Waals surface area contributed by atoms with Crippen molar-refractivity contribution >= 4 is 51.7 Å². The minimum absolute atomic E-state index is 0.142. The van der Waals surface area contributed by atoms with E-state index in [1.165, 1.54) is 29.5 Å². The molecule has 0 radical (unpaired) electrons. The van der Waals surface area contributed by atoms with E-state index >= 15 is 0 Å². The monoisotopic (exact) mass is 497 g/mol. The van der Waals surface area contributed by atoms with Crippen molar-refractivity contribution in [1.82, 2.24) is 4.98 Å². The van der Waals surface area contributed by atoms with Crippen molar-refractivity contribution < 1.29 is 13.6 Å². The van der Waals surface area contributed by atoms with Crippen LogP contribution in [0.2, 0.25) is 10.0 Å². The maximum Gasteiger partial charge on any atom is 0.268 e. The third kappa shape index (κ3) is 5.68. The molecule has 164 valence electrons. The van der Waals surface area contributed by atoms with E-state index in [0.717, 1.165) is 10.4 Å². The molecule has 0 atom stereocenters. The smallest absolute Gasteiger partial charge is 0.268 e. The maximum atomic E-state index is 13.1. The molecule has 0 spiro atoms. The summed E-state index contributed by atoms with van der Waals surface area (Å²) in [6.07, 6.45) is 3.57. The molecule has 33 heavy (non-hydrogen) atoms. The van der Waals surface area contributed by atoms with E-state index in [1.807, 2.05) is 12.1 Å². The number of hydrogen-bond acceptors (Lipinski definition) is 5. The Kier molecular flexibility index (Phi) is 6.90. The lowest BCUT2D eigenvalue weighted by atomic mass is 10.1. The molecule has 2 heterocycles. The largest absolute Gasteiger partial charge is 0.457 e. The zero-order valence-electron chi connectivity index (χ0n) is 16.8. The summed E-state index contributed by atoms with van der Waals surface area (Å²) < 4.78 is 18.8. The first-order valence-corrected chi connectivity index (χ1v) is 11.2. The number of nitriles is 1. The highest BCUT2D eigenvalue weighted by Crippen LogP contribution is 2.27. The Hall–Kier alpha value is -3.44. The predicted octanol–water partition coefficient (Wildman–Crippen LogP) is 6.99. The standard InChI is InChI=1S/C24H14Cl2FN3O2S/c25-20-7-1-14(10-21(20)26)9-19-13-29-24(33-19)30-23(31)16(12-28)11-18-6-8-22(32-18)15-2-4-17(27)5-3-15/h1-8,10-11,13H,9H2,(H,29,30,31)/b16-11+. The number of thiazole rings is 1. The second-order valence-electron chi connectivity index (χ2n) is 6.89. The lowest BCUT2D eigenvalue weighted by Gasteiger charge is -2.01. The van der Waals surface area contributed by atoms with Crippen molar-refractivity contribution in [2.75, 3.05) is 5.32 Å². The Morgan fingerprint density at radius 3 is 2.67 bits per heavy atom. The number of halogens is 3. The van der Waals surface area contributed by atoms with Gasteiger partial charge in [-0.05, 0) is 54.1 Å². The molecule has 9 heteroatoms. The molecule has 4 aromatic rings. The number of carbonyl (C=O) groups is 1. The van der Waals surface area contributed by atoms with Crippen LogP contribution in [0.15, 0.2) is 70.8 Å². The summed E-state index contributed by atoms with van der Waals surface area (Å²) in [6, 6.07) is 16.4. The van der Waals surface area contributed by atoms with Gasteiger partial charge in [0.05, 0.1) is 10.0 Å². The molecule has 0 saturated heterocycles. The molecule has 5 nitrogen and oxygen atoms in total.